The molecule has 1 fully saturated rings. The summed E-state index contributed by atoms with van der Waals surface area (Å²) in [5.74, 6) is -0.0431. The summed E-state index contributed by atoms with van der Waals surface area (Å²) in [7, 11) is 0. The van der Waals surface area contributed by atoms with Crippen molar-refractivity contribution >= 4 is 11.6 Å². The first kappa shape index (κ1) is 16.9. The van der Waals surface area contributed by atoms with Crippen molar-refractivity contribution in [2.75, 3.05) is 38.2 Å². The molecule has 1 amide bonds. The number of ether oxygens (including phenoxy) is 1. The number of carbonyl (C=O) groups is 1. The van der Waals surface area contributed by atoms with E-state index >= 15 is 0 Å². The maximum absolute atomic E-state index is 11.2. The fourth-order valence-corrected chi connectivity index (χ4v) is 2.84. The third-order valence-electron chi connectivity index (χ3n) is 3.88. The van der Waals surface area contributed by atoms with Gasteiger partial charge < -0.3 is 15.4 Å². The molecule has 5 nitrogen and oxygen atoms in total. The monoisotopic (exact) mass is 305 g/mol. The number of hydrogen-bond acceptors (Lipinski definition) is 4. The van der Waals surface area contributed by atoms with Gasteiger partial charge in [0, 0.05) is 44.3 Å². The molecule has 0 radical (unpaired) electrons. The average Bonchev–Trinajstić information content (AvgIpc) is 2.47. The zero-order valence-electron chi connectivity index (χ0n) is 13.8. The predicted octanol–water partition coefficient (Wildman–Crippen LogP) is 2.02. The van der Waals surface area contributed by atoms with Crippen LogP contribution in [0, 0.1) is 0 Å². The molecule has 1 aromatic carbocycles. The number of carbonyl (C=O) groups excluding carboxylic acids is 1. The Morgan fingerprint density at radius 1 is 1.32 bits per heavy atom. The fourth-order valence-electron chi connectivity index (χ4n) is 2.84. The van der Waals surface area contributed by atoms with Gasteiger partial charge in [0.1, 0.15) is 0 Å². The minimum Gasteiger partial charge on any atom is -0.379 e. The van der Waals surface area contributed by atoms with Crippen LogP contribution in [0.25, 0.3) is 0 Å². The molecule has 122 valence electrons. The van der Waals surface area contributed by atoms with Gasteiger partial charge >= 0.3 is 0 Å². The zero-order chi connectivity index (χ0) is 15.9. The molecule has 1 aliphatic rings. The molecule has 1 aromatic rings. The molecule has 2 unspecified atom stereocenters. The maximum atomic E-state index is 11.2. The fraction of sp³-hybridized carbons (Fsp3) is 0.588. The van der Waals surface area contributed by atoms with E-state index in [1.807, 2.05) is 18.2 Å². The molecule has 0 bridgehead atoms. The van der Waals surface area contributed by atoms with Gasteiger partial charge in [-0.25, -0.2) is 0 Å². The lowest BCUT2D eigenvalue weighted by Gasteiger charge is -2.30. The van der Waals surface area contributed by atoms with Crippen molar-refractivity contribution < 1.29 is 9.53 Å². The second kappa shape index (κ2) is 8.27. The maximum Gasteiger partial charge on any atom is 0.221 e. The van der Waals surface area contributed by atoms with Gasteiger partial charge in [-0.1, -0.05) is 12.1 Å². The normalized spacial score (nSPS) is 18.7. The van der Waals surface area contributed by atoms with Gasteiger partial charge in [-0.2, -0.15) is 0 Å². The van der Waals surface area contributed by atoms with Crippen molar-refractivity contribution in [2.45, 2.75) is 32.9 Å². The van der Waals surface area contributed by atoms with E-state index in [9.17, 15) is 4.79 Å². The molecule has 1 heterocycles. The minimum absolute atomic E-state index is 0.0431. The molecule has 2 atom stereocenters. The van der Waals surface area contributed by atoms with Crippen LogP contribution in [0.1, 0.15) is 32.4 Å². The van der Waals surface area contributed by atoms with E-state index in [4.69, 9.17) is 4.74 Å². The SMILES string of the molecule is CC(=O)Nc1cccc(C(C)NC(C)CN2CCOCC2)c1. The van der Waals surface area contributed by atoms with Gasteiger partial charge in [0.25, 0.3) is 0 Å². The highest BCUT2D eigenvalue weighted by Gasteiger charge is 2.15. The smallest absolute Gasteiger partial charge is 0.221 e. The first-order valence-electron chi connectivity index (χ1n) is 7.98. The summed E-state index contributed by atoms with van der Waals surface area (Å²) in [6, 6.07) is 8.65. The van der Waals surface area contributed by atoms with Crippen LogP contribution in [0.2, 0.25) is 0 Å². The molecule has 2 rings (SSSR count). The summed E-state index contributed by atoms with van der Waals surface area (Å²) in [4.78, 5) is 13.6. The number of nitrogens with one attached hydrogen (secondary N) is 2. The predicted molar refractivity (Wildman–Crippen MR) is 89.0 cm³/mol. The lowest BCUT2D eigenvalue weighted by Crippen LogP contribution is -2.44. The molecule has 0 aliphatic carbocycles. The van der Waals surface area contributed by atoms with E-state index < -0.39 is 0 Å². The van der Waals surface area contributed by atoms with Gasteiger partial charge in [-0.3, -0.25) is 9.69 Å². The van der Waals surface area contributed by atoms with Gasteiger partial charge in [-0.05, 0) is 31.5 Å². The molecule has 0 saturated carbocycles. The third kappa shape index (κ3) is 5.40. The highest BCUT2D eigenvalue weighted by molar-refractivity contribution is 5.88. The molecular weight excluding hydrogens is 278 g/mol. The highest BCUT2D eigenvalue weighted by Crippen LogP contribution is 2.18. The van der Waals surface area contributed by atoms with Crippen LogP contribution in [-0.4, -0.2) is 49.7 Å². The van der Waals surface area contributed by atoms with Crippen molar-refractivity contribution in [1.29, 1.82) is 0 Å². The van der Waals surface area contributed by atoms with Crippen molar-refractivity contribution in [3.8, 4) is 0 Å². The number of morpholine rings is 1. The van der Waals surface area contributed by atoms with Crippen molar-refractivity contribution in [3.63, 3.8) is 0 Å². The van der Waals surface area contributed by atoms with E-state index in [0.717, 1.165) is 38.5 Å². The number of benzene rings is 1. The zero-order valence-corrected chi connectivity index (χ0v) is 13.8. The summed E-state index contributed by atoms with van der Waals surface area (Å²) in [6.45, 7) is 10.6. The van der Waals surface area contributed by atoms with Crippen LogP contribution in [0.4, 0.5) is 5.69 Å². The lowest BCUT2D eigenvalue weighted by atomic mass is 10.1. The Hall–Kier alpha value is -1.43. The Balaban J connectivity index is 1.87. The molecule has 2 N–H and O–H groups in total. The summed E-state index contributed by atoms with van der Waals surface area (Å²) >= 11 is 0. The third-order valence-corrected chi connectivity index (χ3v) is 3.88. The lowest BCUT2D eigenvalue weighted by molar-refractivity contribution is -0.114. The van der Waals surface area contributed by atoms with Crippen molar-refractivity contribution in [2.24, 2.45) is 0 Å². The Morgan fingerprint density at radius 2 is 2.05 bits per heavy atom. The molecule has 22 heavy (non-hydrogen) atoms. The number of nitrogens with zero attached hydrogens (tertiary/aromatic N) is 1. The first-order valence-corrected chi connectivity index (χ1v) is 7.98. The van der Waals surface area contributed by atoms with E-state index in [1.54, 1.807) is 0 Å². The summed E-state index contributed by atoms with van der Waals surface area (Å²) < 4.78 is 5.38. The Labute approximate surface area is 133 Å². The number of rotatable bonds is 6. The minimum atomic E-state index is -0.0431. The van der Waals surface area contributed by atoms with Gasteiger partial charge in [0.2, 0.25) is 5.91 Å². The molecule has 0 spiro atoms. The topological polar surface area (TPSA) is 53.6 Å². The van der Waals surface area contributed by atoms with Crippen molar-refractivity contribution in [1.82, 2.24) is 10.2 Å². The molecule has 1 aliphatic heterocycles. The number of amides is 1. The van der Waals surface area contributed by atoms with E-state index in [2.05, 4.69) is 35.4 Å². The van der Waals surface area contributed by atoms with Crippen molar-refractivity contribution in [3.05, 3.63) is 29.8 Å². The number of anilines is 1. The van der Waals surface area contributed by atoms with Gasteiger partial charge in [0.15, 0.2) is 0 Å². The Kier molecular flexibility index (Phi) is 6.36. The standard InChI is InChI=1S/C17H27N3O2/c1-13(12-20-7-9-22-10-8-20)18-14(2)16-5-4-6-17(11-16)19-15(3)21/h4-6,11,13-14,18H,7-10,12H2,1-3H3,(H,19,21). The molecular formula is C17H27N3O2. The Morgan fingerprint density at radius 3 is 2.73 bits per heavy atom. The summed E-state index contributed by atoms with van der Waals surface area (Å²) in [5.41, 5.74) is 2.03. The summed E-state index contributed by atoms with van der Waals surface area (Å²) in [6.07, 6.45) is 0. The quantitative estimate of drug-likeness (QED) is 0.844. The van der Waals surface area contributed by atoms with Crippen LogP contribution in [0.15, 0.2) is 24.3 Å². The molecule has 0 aromatic heterocycles. The second-order valence-corrected chi connectivity index (χ2v) is 6.01. The van der Waals surface area contributed by atoms with Crippen LogP contribution in [0.3, 0.4) is 0 Å². The van der Waals surface area contributed by atoms with Crippen LogP contribution in [-0.2, 0) is 9.53 Å². The van der Waals surface area contributed by atoms with Gasteiger partial charge in [-0.15, -0.1) is 0 Å². The van der Waals surface area contributed by atoms with E-state index in [-0.39, 0.29) is 11.9 Å². The first-order chi connectivity index (χ1) is 10.5. The Bertz CT molecular complexity index is 487. The van der Waals surface area contributed by atoms with E-state index in [0.29, 0.717) is 6.04 Å². The summed E-state index contributed by atoms with van der Waals surface area (Å²) in [5, 5.41) is 6.46. The highest BCUT2D eigenvalue weighted by atomic mass is 16.5. The van der Waals surface area contributed by atoms with E-state index in [1.165, 1.54) is 12.5 Å². The molecule has 5 heteroatoms. The van der Waals surface area contributed by atoms with Gasteiger partial charge in [0.05, 0.1) is 13.2 Å². The number of hydrogen-bond donors (Lipinski definition) is 2. The van der Waals surface area contributed by atoms with Crippen LogP contribution < -0.4 is 10.6 Å². The average molecular weight is 305 g/mol. The second-order valence-electron chi connectivity index (χ2n) is 6.01. The largest absolute Gasteiger partial charge is 0.379 e. The molecule has 1 saturated heterocycles. The van der Waals surface area contributed by atoms with Crippen LogP contribution >= 0.6 is 0 Å². The van der Waals surface area contributed by atoms with Crippen LogP contribution in [0.5, 0.6) is 0 Å².